The van der Waals surface area contributed by atoms with E-state index in [-0.39, 0.29) is 29.8 Å². The van der Waals surface area contributed by atoms with Gasteiger partial charge in [-0.2, -0.15) is 0 Å². The highest BCUT2D eigenvalue weighted by Crippen LogP contribution is 2.29. The predicted molar refractivity (Wildman–Crippen MR) is 126 cm³/mol. The summed E-state index contributed by atoms with van der Waals surface area (Å²) in [5, 5.41) is 23.8. The van der Waals surface area contributed by atoms with E-state index in [1.807, 2.05) is 30.3 Å². The van der Waals surface area contributed by atoms with Crippen LogP contribution in [0.3, 0.4) is 0 Å². The van der Waals surface area contributed by atoms with E-state index in [2.05, 4.69) is 14.8 Å². The maximum atomic E-state index is 12.5. The van der Waals surface area contributed by atoms with Crippen LogP contribution < -0.4 is 14.8 Å². The van der Waals surface area contributed by atoms with Crippen LogP contribution in [-0.2, 0) is 16.4 Å². The lowest BCUT2D eigenvalue weighted by Crippen LogP contribution is -2.28. The third kappa shape index (κ3) is 8.46. The summed E-state index contributed by atoms with van der Waals surface area (Å²) >= 11 is 0. The Labute approximate surface area is 201 Å². The highest BCUT2D eigenvalue weighted by molar-refractivity contribution is 7.92. The number of phenols is 1. The van der Waals surface area contributed by atoms with Crippen LogP contribution in [0.2, 0.25) is 0 Å². The first-order chi connectivity index (χ1) is 16.4. The van der Waals surface area contributed by atoms with Crippen molar-refractivity contribution < 1.29 is 36.5 Å². The zero-order valence-electron chi connectivity index (χ0n) is 18.7. The Morgan fingerprint density at radius 3 is 2.20 bits per heavy atom. The molecule has 0 saturated carbocycles. The Bertz CT molecular complexity index is 1220. The second-order valence-electron chi connectivity index (χ2n) is 7.93. The summed E-state index contributed by atoms with van der Waals surface area (Å²) in [6.07, 6.45) is -4.43. The monoisotopic (exact) mass is 510 g/mol. The van der Waals surface area contributed by atoms with E-state index < -0.39 is 22.5 Å². The highest BCUT2D eigenvalue weighted by atomic mass is 32.2. The van der Waals surface area contributed by atoms with Crippen molar-refractivity contribution in [2.45, 2.75) is 24.9 Å². The van der Waals surface area contributed by atoms with Crippen LogP contribution in [0.4, 0.5) is 18.9 Å². The topological polar surface area (TPSA) is 108 Å². The minimum Gasteiger partial charge on any atom is -0.506 e. The number of hydrogen-bond acceptors (Lipinski definition) is 6. The van der Waals surface area contributed by atoms with E-state index >= 15 is 0 Å². The van der Waals surface area contributed by atoms with Crippen molar-refractivity contribution in [2.24, 2.45) is 0 Å². The molecule has 0 spiro atoms. The molecule has 0 amide bonds. The number of anilines is 1. The van der Waals surface area contributed by atoms with Crippen molar-refractivity contribution in [3.05, 3.63) is 89.5 Å². The first kappa shape index (κ1) is 26.3. The highest BCUT2D eigenvalue weighted by Gasteiger charge is 2.31. The van der Waals surface area contributed by atoms with Gasteiger partial charge in [0.2, 0.25) is 10.0 Å². The van der Waals surface area contributed by atoms with Crippen LogP contribution in [0.15, 0.2) is 72.8 Å². The minimum atomic E-state index is -4.79. The van der Waals surface area contributed by atoms with Gasteiger partial charge in [0.1, 0.15) is 11.5 Å². The maximum absolute atomic E-state index is 12.5. The smallest absolute Gasteiger partial charge is 0.506 e. The third-order valence-corrected chi connectivity index (χ3v) is 5.65. The molecule has 0 bridgehead atoms. The van der Waals surface area contributed by atoms with Gasteiger partial charge in [0.25, 0.3) is 0 Å². The van der Waals surface area contributed by atoms with Gasteiger partial charge in [0.05, 0.1) is 18.0 Å². The van der Waals surface area contributed by atoms with Gasteiger partial charge >= 0.3 is 6.36 Å². The first-order valence-electron chi connectivity index (χ1n) is 10.5. The van der Waals surface area contributed by atoms with E-state index in [9.17, 15) is 31.8 Å². The Morgan fingerprint density at radius 2 is 1.60 bits per heavy atom. The van der Waals surface area contributed by atoms with Crippen LogP contribution in [0.25, 0.3) is 0 Å². The molecule has 3 aromatic carbocycles. The summed E-state index contributed by atoms with van der Waals surface area (Å²) in [5.74, 6) is -0.628. The van der Waals surface area contributed by atoms with E-state index in [1.54, 1.807) is 0 Å². The molecule has 0 heterocycles. The van der Waals surface area contributed by atoms with Gasteiger partial charge in [-0.25, -0.2) is 8.42 Å². The average Bonchev–Trinajstić information content (AvgIpc) is 2.77. The second-order valence-corrected chi connectivity index (χ2v) is 9.68. The molecule has 4 N–H and O–H groups in total. The molecule has 0 aliphatic rings. The molecule has 2 atom stereocenters. The van der Waals surface area contributed by atoms with Gasteiger partial charge in [-0.05, 0) is 47.4 Å². The second kappa shape index (κ2) is 11.0. The summed E-state index contributed by atoms with van der Waals surface area (Å²) in [6.45, 7) is 0.0430. The summed E-state index contributed by atoms with van der Waals surface area (Å²) in [6, 6.07) is 18.6. The number of alkyl halides is 3. The Balaban J connectivity index is 1.77. The molecule has 3 aromatic rings. The zero-order chi connectivity index (χ0) is 25.6. The molecule has 7 nitrogen and oxygen atoms in total. The van der Waals surface area contributed by atoms with E-state index in [0.29, 0.717) is 17.5 Å². The van der Waals surface area contributed by atoms with E-state index in [1.165, 1.54) is 42.5 Å². The van der Waals surface area contributed by atoms with Crippen molar-refractivity contribution >= 4 is 15.7 Å². The number of ether oxygens (including phenoxy) is 1. The van der Waals surface area contributed by atoms with Gasteiger partial charge in [0.15, 0.2) is 0 Å². The molecule has 0 aliphatic carbocycles. The number of halogens is 3. The van der Waals surface area contributed by atoms with Gasteiger partial charge in [-0.15, -0.1) is 13.2 Å². The summed E-state index contributed by atoms with van der Waals surface area (Å²) in [7, 11) is -3.64. The fourth-order valence-electron chi connectivity index (χ4n) is 3.47. The van der Waals surface area contributed by atoms with Crippen molar-refractivity contribution in [2.75, 3.05) is 17.5 Å². The Kier molecular flexibility index (Phi) is 8.26. The van der Waals surface area contributed by atoms with E-state index in [0.717, 1.165) is 11.8 Å². The molecule has 11 heteroatoms. The summed E-state index contributed by atoms with van der Waals surface area (Å²) in [4.78, 5) is 0. The lowest BCUT2D eigenvalue weighted by Gasteiger charge is -2.22. The van der Waals surface area contributed by atoms with E-state index in [4.69, 9.17) is 0 Å². The molecule has 0 saturated heterocycles. The summed E-state index contributed by atoms with van der Waals surface area (Å²) < 4.78 is 66.6. The molecule has 0 fully saturated rings. The predicted octanol–water partition coefficient (Wildman–Crippen LogP) is 4.27. The van der Waals surface area contributed by atoms with Crippen LogP contribution in [0.5, 0.6) is 11.5 Å². The van der Waals surface area contributed by atoms with Crippen molar-refractivity contribution in [3.63, 3.8) is 0 Å². The van der Waals surface area contributed by atoms with Crippen LogP contribution in [-0.4, -0.2) is 37.8 Å². The van der Waals surface area contributed by atoms with Crippen molar-refractivity contribution in [1.29, 1.82) is 0 Å². The molecule has 0 aliphatic heterocycles. The van der Waals surface area contributed by atoms with Crippen molar-refractivity contribution in [1.82, 2.24) is 5.32 Å². The van der Waals surface area contributed by atoms with Crippen LogP contribution >= 0.6 is 0 Å². The van der Waals surface area contributed by atoms with Crippen molar-refractivity contribution in [3.8, 4) is 11.5 Å². The maximum Gasteiger partial charge on any atom is 0.573 e. The number of phenolic OH excluding ortho intramolecular Hbond substituents is 1. The number of nitrogens with one attached hydrogen (secondary N) is 2. The van der Waals surface area contributed by atoms with Gasteiger partial charge in [-0.3, -0.25) is 4.72 Å². The number of aromatic hydroxyl groups is 1. The fourth-order valence-corrected chi connectivity index (χ4v) is 4.04. The molecule has 0 unspecified atom stereocenters. The number of aliphatic hydroxyl groups excluding tert-OH is 1. The SMILES string of the molecule is CS(=O)(=O)Nc1cc([C@@H](O)CN[C@H](Cc2ccccc2)c2ccc(OC(F)(F)F)cc2)ccc1O. The zero-order valence-corrected chi connectivity index (χ0v) is 19.5. The molecular weight excluding hydrogens is 485 g/mol. The standard InChI is InChI=1S/C24H25F3N2O5S/c1-35(32,33)29-21-14-18(9-12-22(21)30)23(31)15-28-20(13-16-5-3-2-4-6-16)17-7-10-19(11-8-17)34-24(25,26)27/h2-12,14,20,23,28-31H,13,15H2,1H3/t20-,23+/m1/s1. The third-order valence-electron chi connectivity index (χ3n) is 5.06. The Morgan fingerprint density at radius 1 is 0.971 bits per heavy atom. The number of rotatable bonds is 10. The van der Waals surface area contributed by atoms with Gasteiger partial charge < -0.3 is 20.3 Å². The molecule has 0 radical (unpaired) electrons. The number of sulfonamides is 1. The minimum absolute atomic E-state index is 0.0430. The van der Waals surface area contributed by atoms with Gasteiger partial charge in [0, 0.05) is 12.6 Å². The first-order valence-corrected chi connectivity index (χ1v) is 12.4. The average molecular weight is 511 g/mol. The molecule has 0 aromatic heterocycles. The normalized spacial score (nSPS) is 13.7. The quantitative estimate of drug-likeness (QED) is 0.304. The number of hydrogen-bond donors (Lipinski definition) is 4. The lowest BCUT2D eigenvalue weighted by molar-refractivity contribution is -0.274. The fraction of sp³-hybridized carbons (Fsp3) is 0.250. The van der Waals surface area contributed by atoms with Gasteiger partial charge in [-0.1, -0.05) is 48.5 Å². The summed E-state index contributed by atoms with van der Waals surface area (Å²) in [5.41, 5.74) is 1.94. The lowest BCUT2D eigenvalue weighted by atomic mass is 9.98. The van der Waals surface area contributed by atoms with Crippen LogP contribution in [0.1, 0.15) is 28.8 Å². The Hall–Kier alpha value is -3.28. The molecule has 35 heavy (non-hydrogen) atoms. The largest absolute Gasteiger partial charge is 0.573 e. The molecule has 188 valence electrons. The molecular formula is C24H25F3N2O5S. The number of aliphatic hydroxyl groups is 1. The number of benzene rings is 3. The molecule has 3 rings (SSSR count). The van der Waals surface area contributed by atoms with Crippen LogP contribution in [0, 0.1) is 0 Å².